The molecule has 2 heterocycles. The van der Waals surface area contributed by atoms with Crippen LogP contribution < -0.4 is 0 Å². The van der Waals surface area contributed by atoms with E-state index in [0.29, 0.717) is 10.9 Å². The Morgan fingerprint density at radius 2 is 1.78 bits per heavy atom. The summed E-state index contributed by atoms with van der Waals surface area (Å²) < 4.78 is 22.3. The van der Waals surface area contributed by atoms with E-state index in [-0.39, 0.29) is 17.2 Å². The van der Waals surface area contributed by atoms with Crippen LogP contribution in [0.15, 0.2) is 36.4 Å². The first-order valence-electron chi connectivity index (χ1n) is 7.49. The number of benzene rings is 2. The standard InChI is InChI=1S/C15H16N3O4P/c19-18(20)15-10-12(9-13-3-1-2-4-14(13)15)11-22-23(21,16-5-6-16)17-7-8-17/h1-4,9-10H,5-8,11H2. The number of nitrogens with zero attached hydrogens (tertiary/aromatic N) is 3. The molecule has 4 rings (SSSR count). The topological polar surface area (TPSA) is 75.5 Å². The van der Waals surface area contributed by atoms with Gasteiger partial charge in [-0.1, -0.05) is 18.2 Å². The van der Waals surface area contributed by atoms with Crippen LogP contribution in [0.1, 0.15) is 5.56 Å². The molecule has 2 aromatic carbocycles. The number of non-ortho nitro benzene ring substituents is 1. The van der Waals surface area contributed by atoms with Crippen molar-refractivity contribution in [3.63, 3.8) is 0 Å². The normalized spacial score (nSPS) is 18.3. The fourth-order valence-electron chi connectivity index (χ4n) is 2.68. The molecule has 0 radical (unpaired) electrons. The van der Waals surface area contributed by atoms with E-state index in [4.69, 9.17) is 4.52 Å². The maximum Gasteiger partial charge on any atom is 0.346 e. The highest BCUT2D eigenvalue weighted by Crippen LogP contribution is 2.61. The number of hydrogen-bond acceptors (Lipinski definition) is 4. The van der Waals surface area contributed by atoms with Crippen LogP contribution in [0.3, 0.4) is 0 Å². The van der Waals surface area contributed by atoms with Gasteiger partial charge in [-0.25, -0.2) is 9.34 Å². The molecule has 0 aromatic heterocycles. The molecule has 120 valence electrons. The third kappa shape index (κ3) is 2.77. The average molecular weight is 333 g/mol. The Labute approximate surface area is 133 Å². The predicted octanol–water partition coefficient (Wildman–Crippen LogP) is 3.00. The molecule has 0 N–H and O–H groups in total. The molecule has 0 bridgehead atoms. The van der Waals surface area contributed by atoms with E-state index in [9.17, 15) is 14.7 Å². The molecule has 2 fully saturated rings. The summed E-state index contributed by atoms with van der Waals surface area (Å²) in [5.74, 6) is 0. The highest BCUT2D eigenvalue weighted by molar-refractivity contribution is 7.54. The largest absolute Gasteiger partial charge is 0.346 e. The lowest BCUT2D eigenvalue weighted by Gasteiger charge is -2.19. The van der Waals surface area contributed by atoms with Crippen molar-refractivity contribution in [2.24, 2.45) is 0 Å². The number of nitro benzene ring substituents is 1. The van der Waals surface area contributed by atoms with Crippen LogP contribution in [0.2, 0.25) is 0 Å². The van der Waals surface area contributed by atoms with Gasteiger partial charge in [0, 0.05) is 32.2 Å². The zero-order chi connectivity index (χ0) is 16.0. The molecule has 2 aliphatic rings. The molecule has 0 aliphatic carbocycles. The first kappa shape index (κ1) is 14.8. The third-order valence-electron chi connectivity index (χ3n) is 4.06. The highest BCUT2D eigenvalue weighted by Gasteiger charge is 2.49. The van der Waals surface area contributed by atoms with Gasteiger partial charge in [0.1, 0.15) is 0 Å². The van der Waals surface area contributed by atoms with Gasteiger partial charge in [-0.15, -0.1) is 0 Å². The maximum atomic E-state index is 12.9. The Balaban J connectivity index is 1.64. The molecular formula is C15H16N3O4P. The van der Waals surface area contributed by atoms with E-state index >= 15 is 0 Å². The van der Waals surface area contributed by atoms with E-state index < -0.39 is 7.67 Å². The lowest BCUT2D eigenvalue weighted by atomic mass is 10.1. The molecule has 0 saturated carbocycles. The Hall–Kier alpha value is -1.79. The zero-order valence-corrected chi connectivity index (χ0v) is 13.3. The zero-order valence-electron chi connectivity index (χ0n) is 12.4. The number of fused-ring (bicyclic) bond motifs is 1. The first-order chi connectivity index (χ1) is 11.1. The van der Waals surface area contributed by atoms with Crippen molar-refractivity contribution in [1.82, 2.24) is 9.34 Å². The summed E-state index contributed by atoms with van der Waals surface area (Å²) in [4.78, 5) is 10.9. The van der Waals surface area contributed by atoms with Crippen LogP contribution in [0.5, 0.6) is 0 Å². The van der Waals surface area contributed by atoms with Gasteiger partial charge >= 0.3 is 7.67 Å². The third-order valence-corrected chi connectivity index (χ3v) is 6.75. The summed E-state index contributed by atoms with van der Waals surface area (Å²) in [6.45, 7) is 3.24. The van der Waals surface area contributed by atoms with Crippen molar-refractivity contribution >= 4 is 24.1 Å². The van der Waals surface area contributed by atoms with Gasteiger partial charge < -0.3 is 4.52 Å². The number of hydrogen-bond donors (Lipinski definition) is 0. The minimum Gasteiger partial charge on any atom is -0.301 e. The molecule has 8 heteroatoms. The Morgan fingerprint density at radius 3 is 2.39 bits per heavy atom. The van der Waals surface area contributed by atoms with Gasteiger partial charge in [0.05, 0.1) is 16.9 Å². The average Bonchev–Trinajstić information content (AvgIpc) is 3.41. The van der Waals surface area contributed by atoms with Gasteiger partial charge in [-0.2, -0.15) is 0 Å². The predicted molar refractivity (Wildman–Crippen MR) is 86.1 cm³/mol. The van der Waals surface area contributed by atoms with E-state index in [0.717, 1.165) is 31.6 Å². The van der Waals surface area contributed by atoms with E-state index in [2.05, 4.69) is 0 Å². The monoisotopic (exact) mass is 333 g/mol. The van der Waals surface area contributed by atoms with Crippen molar-refractivity contribution in [2.75, 3.05) is 26.2 Å². The Kier molecular flexibility index (Phi) is 3.46. The Morgan fingerprint density at radius 1 is 1.13 bits per heavy atom. The van der Waals surface area contributed by atoms with Crippen molar-refractivity contribution in [3.05, 3.63) is 52.1 Å². The minimum absolute atomic E-state index is 0.0509. The molecule has 0 spiro atoms. The molecule has 2 aromatic rings. The summed E-state index contributed by atoms with van der Waals surface area (Å²) >= 11 is 0. The van der Waals surface area contributed by atoms with Crippen LogP contribution in [-0.2, 0) is 15.7 Å². The van der Waals surface area contributed by atoms with Crippen molar-refractivity contribution in [1.29, 1.82) is 0 Å². The summed E-state index contributed by atoms with van der Waals surface area (Å²) in [6, 6.07) is 10.6. The molecule has 7 nitrogen and oxygen atoms in total. The first-order valence-corrected chi connectivity index (χ1v) is 9.02. The van der Waals surface area contributed by atoms with Crippen LogP contribution in [-0.4, -0.2) is 40.4 Å². The second-order valence-corrected chi connectivity index (χ2v) is 8.14. The van der Waals surface area contributed by atoms with E-state index in [1.165, 1.54) is 6.07 Å². The second kappa shape index (κ2) is 5.39. The Bertz CT molecular complexity index is 817. The molecular weight excluding hydrogens is 317 g/mol. The number of nitro groups is 1. The highest BCUT2D eigenvalue weighted by atomic mass is 31.2. The lowest BCUT2D eigenvalue weighted by molar-refractivity contribution is -0.383. The molecule has 0 amide bonds. The van der Waals surface area contributed by atoms with Crippen molar-refractivity contribution in [2.45, 2.75) is 6.61 Å². The van der Waals surface area contributed by atoms with Gasteiger partial charge in [0.2, 0.25) is 0 Å². The SMILES string of the molecule is O=[N+]([O-])c1cc(COP(=O)(N2CC2)N2CC2)cc2ccccc12. The van der Waals surface area contributed by atoms with Gasteiger partial charge in [0.15, 0.2) is 0 Å². The minimum atomic E-state index is -2.91. The van der Waals surface area contributed by atoms with Crippen LogP contribution >= 0.6 is 7.67 Å². The fraction of sp³-hybridized carbons (Fsp3) is 0.333. The van der Waals surface area contributed by atoms with Gasteiger partial charge in [0.25, 0.3) is 5.69 Å². The smallest absolute Gasteiger partial charge is 0.301 e. The summed E-state index contributed by atoms with van der Waals surface area (Å²) in [7, 11) is -2.91. The molecule has 2 saturated heterocycles. The van der Waals surface area contributed by atoms with Gasteiger partial charge in [-0.3, -0.25) is 14.7 Å². The molecule has 0 unspecified atom stereocenters. The van der Waals surface area contributed by atoms with E-state index in [1.807, 2.05) is 27.5 Å². The molecule has 23 heavy (non-hydrogen) atoms. The fourth-order valence-corrected chi connectivity index (χ4v) is 4.87. The maximum absolute atomic E-state index is 12.9. The van der Waals surface area contributed by atoms with Crippen molar-refractivity contribution < 1.29 is 14.0 Å². The molecule has 0 atom stereocenters. The van der Waals surface area contributed by atoms with Gasteiger partial charge in [-0.05, 0) is 23.1 Å². The van der Waals surface area contributed by atoms with Crippen LogP contribution in [0, 0.1) is 10.1 Å². The van der Waals surface area contributed by atoms with Crippen LogP contribution in [0.4, 0.5) is 5.69 Å². The van der Waals surface area contributed by atoms with E-state index in [1.54, 1.807) is 12.1 Å². The summed E-state index contributed by atoms with van der Waals surface area (Å²) in [5, 5.41) is 12.7. The molecule has 2 aliphatic heterocycles. The lowest BCUT2D eigenvalue weighted by Crippen LogP contribution is -2.08. The number of rotatable bonds is 6. The van der Waals surface area contributed by atoms with Crippen LogP contribution in [0.25, 0.3) is 10.8 Å². The summed E-state index contributed by atoms with van der Waals surface area (Å²) in [5.41, 5.74) is 0.717. The summed E-state index contributed by atoms with van der Waals surface area (Å²) in [6.07, 6.45) is 0. The second-order valence-electron chi connectivity index (χ2n) is 5.76. The quantitative estimate of drug-likeness (QED) is 0.350. The van der Waals surface area contributed by atoms with Crippen molar-refractivity contribution in [3.8, 4) is 0 Å².